The van der Waals surface area contributed by atoms with Crippen LogP contribution in [0.3, 0.4) is 0 Å². The second-order valence-corrected chi connectivity index (χ2v) is 8.16. The molecule has 8 nitrogen and oxygen atoms in total. The molecule has 2 N–H and O–H groups in total. The van der Waals surface area contributed by atoms with Crippen molar-refractivity contribution in [2.45, 2.75) is 19.3 Å². The molecular weight excluding hydrogens is 410 g/mol. The van der Waals surface area contributed by atoms with Crippen LogP contribution in [0.5, 0.6) is 0 Å². The number of aliphatic hydroxyl groups is 1. The summed E-state index contributed by atoms with van der Waals surface area (Å²) in [6.07, 6.45) is 1.57. The Morgan fingerprint density at radius 3 is 2.41 bits per heavy atom. The predicted octanol–water partition coefficient (Wildman–Crippen LogP) is 0.575. The number of nitrogens with one attached hydrogen (secondary N) is 1. The molecule has 0 spiro atoms. The highest BCUT2D eigenvalue weighted by Gasteiger charge is 2.45. The van der Waals surface area contributed by atoms with Crippen LogP contribution in [0.15, 0.2) is 42.1 Å². The molecule has 174 valence electrons. The summed E-state index contributed by atoms with van der Waals surface area (Å²) in [6.45, 7) is 7.81. The zero-order valence-electron chi connectivity index (χ0n) is 18.7. The van der Waals surface area contributed by atoms with E-state index >= 15 is 0 Å². The van der Waals surface area contributed by atoms with E-state index in [0.717, 1.165) is 38.3 Å². The van der Waals surface area contributed by atoms with Crippen LogP contribution in [0.2, 0.25) is 0 Å². The summed E-state index contributed by atoms with van der Waals surface area (Å²) >= 11 is 0. The zero-order chi connectivity index (χ0) is 22.9. The van der Waals surface area contributed by atoms with E-state index in [0.29, 0.717) is 13.1 Å². The predicted molar refractivity (Wildman–Crippen MR) is 120 cm³/mol. The van der Waals surface area contributed by atoms with Crippen LogP contribution in [0.1, 0.15) is 24.8 Å². The number of esters is 1. The second-order valence-electron chi connectivity index (χ2n) is 8.16. The first-order valence-electron chi connectivity index (χ1n) is 11.3. The van der Waals surface area contributed by atoms with Crippen LogP contribution in [-0.2, 0) is 19.1 Å². The minimum Gasteiger partial charge on any atom is -0.465 e. The van der Waals surface area contributed by atoms with Gasteiger partial charge in [0, 0.05) is 64.4 Å². The van der Waals surface area contributed by atoms with Crippen LogP contribution in [0.25, 0.3) is 0 Å². The number of ether oxygens (including phenoxy) is 1. The molecule has 0 amide bonds. The van der Waals surface area contributed by atoms with E-state index in [1.54, 1.807) is 6.92 Å². The van der Waals surface area contributed by atoms with E-state index in [-0.39, 0.29) is 31.0 Å². The van der Waals surface area contributed by atoms with E-state index < -0.39 is 23.6 Å². The molecule has 1 saturated heterocycles. The van der Waals surface area contributed by atoms with Crippen molar-refractivity contribution in [3.63, 3.8) is 0 Å². The summed E-state index contributed by atoms with van der Waals surface area (Å²) in [5.41, 5.74) is 0.836. The minimum absolute atomic E-state index is 0.0444. The molecule has 2 aliphatic rings. The number of rotatable bonds is 9. The average Bonchev–Trinajstić information content (AvgIpc) is 2.80. The number of piperazine rings is 1. The molecule has 2 fully saturated rings. The van der Waals surface area contributed by atoms with Crippen LogP contribution < -0.4 is 5.32 Å². The number of nitrogens with zero attached hydrogens (tertiary/aromatic N) is 2. The Kier molecular flexibility index (Phi) is 8.96. The highest BCUT2D eigenvalue weighted by molar-refractivity contribution is 6.27. The van der Waals surface area contributed by atoms with Crippen molar-refractivity contribution in [2.24, 2.45) is 5.92 Å². The van der Waals surface area contributed by atoms with Gasteiger partial charge in [-0.25, -0.2) is 0 Å². The number of ketones is 2. The number of Topliss-reactive ketones (excluding diaryl/α,β-unsaturated/α-hetero) is 2. The van der Waals surface area contributed by atoms with Gasteiger partial charge in [0.05, 0.1) is 18.8 Å². The van der Waals surface area contributed by atoms with Gasteiger partial charge >= 0.3 is 5.97 Å². The molecule has 1 aromatic rings. The summed E-state index contributed by atoms with van der Waals surface area (Å²) in [7, 11) is 0. The standard InChI is InChI=1S/C24H33N3O5/c1-2-32-24(31)22-19(18-6-4-3-5-7-18)16-21(29)20(23(22)30)17-25-8-9-26-10-12-27(13-11-26)14-15-28/h3-7,17,19,22,25,28H,2,8-16H2,1H3. The lowest BCUT2D eigenvalue weighted by molar-refractivity contribution is -0.152. The SMILES string of the molecule is CCOC(=O)C1C(=O)C(=CNCCN2CCN(CCO)CC2)C(=O)CC1c1ccccc1. The maximum Gasteiger partial charge on any atom is 0.317 e. The molecule has 1 heterocycles. The second kappa shape index (κ2) is 11.9. The zero-order valence-corrected chi connectivity index (χ0v) is 18.7. The van der Waals surface area contributed by atoms with Gasteiger partial charge in [0.1, 0.15) is 5.92 Å². The molecule has 32 heavy (non-hydrogen) atoms. The van der Waals surface area contributed by atoms with E-state index in [1.807, 2.05) is 30.3 Å². The largest absolute Gasteiger partial charge is 0.465 e. The Labute approximate surface area is 189 Å². The molecule has 0 bridgehead atoms. The third kappa shape index (κ3) is 6.03. The van der Waals surface area contributed by atoms with Crippen LogP contribution in [0.4, 0.5) is 0 Å². The summed E-state index contributed by atoms with van der Waals surface area (Å²) in [4.78, 5) is 43.1. The average molecular weight is 444 g/mol. The van der Waals surface area contributed by atoms with Gasteiger partial charge in [0.25, 0.3) is 0 Å². The van der Waals surface area contributed by atoms with Crippen molar-refractivity contribution in [1.29, 1.82) is 0 Å². The van der Waals surface area contributed by atoms with Gasteiger partial charge in [0.15, 0.2) is 11.6 Å². The fourth-order valence-electron chi connectivity index (χ4n) is 4.36. The van der Waals surface area contributed by atoms with E-state index in [9.17, 15) is 14.4 Å². The Bertz CT molecular complexity index is 818. The van der Waals surface area contributed by atoms with Crippen molar-refractivity contribution < 1.29 is 24.2 Å². The molecule has 1 saturated carbocycles. The third-order valence-electron chi connectivity index (χ3n) is 6.12. The topological polar surface area (TPSA) is 99.2 Å². The van der Waals surface area contributed by atoms with Crippen molar-refractivity contribution in [1.82, 2.24) is 15.1 Å². The maximum absolute atomic E-state index is 13.2. The van der Waals surface area contributed by atoms with Crippen LogP contribution in [0, 0.1) is 5.92 Å². The molecule has 1 aliphatic heterocycles. The van der Waals surface area contributed by atoms with Crippen LogP contribution >= 0.6 is 0 Å². The third-order valence-corrected chi connectivity index (χ3v) is 6.12. The van der Waals surface area contributed by atoms with Gasteiger partial charge < -0.3 is 15.2 Å². The van der Waals surface area contributed by atoms with E-state index in [4.69, 9.17) is 9.84 Å². The fourth-order valence-corrected chi connectivity index (χ4v) is 4.36. The molecule has 1 aromatic carbocycles. The Hall–Kier alpha value is -2.55. The summed E-state index contributed by atoms with van der Waals surface area (Å²) in [5.74, 6) is -2.83. The summed E-state index contributed by atoms with van der Waals surface area (Å²) in [5, 5.41) is 12.1. The first-order chi connectivity index (χ1) is 15.5. The molecule has 0 radical (unpaired) electrons. The monoisotopic (exact) mass is 443 g/mol. The normalized spacial score (nSPS) is 24.0. The number of allylic oxidation sites excluding steroid dienone is 1. The van der Waals surface area contributed by atoms with E-state index in [1.165, 1.54) is 6.20 Å². The molecule has 8 heteroatoms. The Balaban J connectivity index is 1.62. The van der Waals surface area contributed by atoms with Gasteiger partial charge in [-0.15, -0.1) is 0 Å². The Morgan fingerprint density at radius 2 is 1.78 bits per heavy atom. The summed E-state index contributed by atoms with van der Waals surface area (Å²) < 4.78 is 5.17. The fraction of sp³-hybridized carbons (Fsp3) is 0.542. The molecule has 2 atom stereocenters. The number of β-amino-alcohol motifs (C(OH)–C–C–N with tert-alkyl or cyclic N) is 1. The van der Waals surface area contributed by atoms with Gasteiger partial charge in [-0.3, -0.25) is 24.2 Å². The van der Waals surface area contributed by atoms with Crippen molar-refractivity contribution >= 4 is 17.5 Å². The number of hydrogen-bond donors (Lipinski definition) is 2. The number of hydrogen-bond acceptors (Lipinski definition) is 8. The minimum atomic E-state index is -1.01. The van der Waals surface area contributed by atoms with Crippen molar-refractivity contribution in [2.75, 3.05) is 59.0 Å². The number of aliphatic hydroxyl groups excluding tert-OH is 1. The first kappa shape index (κ1) is 24.1. The molecule has 3 rings (SSSR count). The van der Waals surface area contributed by atoms with Crippen molar-refractivity contribution in [3.8, 4) is 0 Å². The smallest absolute Gasteiger partial charge is 0.317 e. The quantitative estimate of drug-likeness (QED) is 0.188. The van der Waals surface area contributed by atoms with Crippen LogP contribution in [-0.4, -0.2) is 91.5 Å². The lowest BCUT2D eigenvalue weighted by Crippen LogP contribution is -2.48. The highest BCUT2D eigenvalue weighted by Crippen LogP contribution is 2.37. The van der Waals surface area contributed by atoms with Gasteiger partial charge in [-0.05, 0) is 12.5 Å². The number of benzene rings is 1. The molecule has 1 aliphatic carbocycles. The van der Waals surface area contributed by atoms with Crippen molar-refractivity contribution in [3.05, 3.63) is 47.7 Å². The first-order valence-corrected chi connectivity index (χ1v) is 11.3. The molecule has 0 aromatic heterocycles. The lowest BCUT2D eigenvalue weighted by atomic mass is 9.72. The van der Waals surface area contributed by atoms with Gasteiger partial charge in [-0.2, -0.15) is 0 Å². The maximum atomic E-state index is 13.2. The Morgan fingerprint density at radius 1 is 1.12 bits per heavy atom. The summed E-state index contributed by atoms with van der Waals surface area (Å²) in [6, 6.07) is 9.21. The van der Waals surface area contributed by atoms with Gasteiger partial charge in [0.2, 0.25) is 0 Å². The molecule has 2 unspecified atom stereocenters. The lowest BCUT2D eigenvalue weighted by Gasteiger charge is -2.34. The highest BCUT2D eigenvalue weighted by atomic mass is 16.5. The number of carbonyl (C=O) groups excluding carboxylic acids is 3. The molecular formula is C24H33N3O5. The number of carbonyl (C=O) groups is 3. The van der Waals surface area contributed by atoms with E-state index in [2.05, 4.69) is 15.1 Å². The van der Waals surface area contributed by atoms with Gasteiger partial charge in [-0.1, -0.05) is 30.3 Å².